The molecular formula is C23H26F3N3O. The number of halogens is 3. The van der Waals surface area contributed by atoms with Crippen molar-refractivity contribution in [3.8, 4) is 6.07 Å². The van der Waals surface area contributed by atoms with Crippen LogP contribution in [0.4, 0.5) is 18.9 Å². The quantitative estimate of drug-likeness (QED) is 0.715. The Morgan fingerprint density at radius 3 is 2.07 bits per heavy atom. The van der Waals surface area contributed by atoms with Crippen LogP contribution >= 0.6 is 0 Å². The fourth-order valence-corrected chi connectivity index (χ4v) is 6.94. The zero-order valence-corrected chi connectivity index (χ0v) is 16.9. The molecule has 4 saturated carbocycles. The summed E-state index contributed by atoms with van der Waals surface area (Å²) in [7, 11) is 0. The molecule has 0 radical (unpaired) electrons. The fraction of sp³-hybridized carbons (Fsp3) is 0.652. The first-order valence-electron chi connectivity index (χ1n) is 10.9. The van der Waals surface area contributed by atoms with E-state index in [1.54, 1.807) is 12.1 Å². The molecule has 0 aromatic heterocycles. The van der Waals surface area contributed by atoms with Crippen molar-refractivity contribution < 1.29 is 18.0 Å². The summed E-state index contributed by atoms with van der Waals surface area (Å²) in [5.74, 6) is 2.42. The van der Waals surface area contributed by atoms with Gasteiger partial charge in [0.1, 0.15) is 0 Å². The standard InChI is InChI=1S/C23H26F3N3O/c24-23(25,26)20-10-19(2-1-18(20)14-27)28-3-5-29(6-4-28)21(30)22-11-15-7-16(12-22)9-17(8-15)13-22/h1-2,10,15-17H,3-9,11-13H2. The molecule has 0 spiro atoms. The minimum Gasteiger partial charge on any atom is -0.368 e. The van der Waals surface area contributed by atoms with Gasteiger partial charge in [-0.1, -0.05) is 0 Å². The van der Waals surface area contributed by atoms with Crippen LogP contribution in [0.2, 0.25) is 0 Å². The van der Waals surface area contributed by atoms with Gasteiger partial charge in [-0.05, 0) is 74.5 Å². The molecule has 1 aliphatic heterocycles. The van der Waals surface area contributed by atoms with Crippen molar-refractivity contribution in [3.05, 3.63) is 29.3 Å². The smallest absolute Gasteiger partial charge is 0.368 e. The van der Waals surface area contributed by atoms with Crippen molar-refractivity contribution in [1.82, 2.24) is 4.90 Å². The second-order valence-corrected chi connectivity index (χ2v) is 9.82. The second-order valence-electron chi connectivity index (χ2n) is 9.82. The van der Waals surface area contributed by atoms with Crippen LogP contribution in [0, 0.1) is 34.5 Å². The fourth-order valence-electron chi connectivity index (χ4n) is 6.94. The monoisotopic (exact) mass is 417 g/mol. The molecule has 1 saturated heterocycles. The molecule has 1 heterocycles. The molecule has 160 valence electrons. The summed E-state index contributed by atoms with van der Waals surface area (Å²) in [6.07, 6.45) is 2.41. The molecule has 0 atom stereocenters. The molecule has 4 bridgehead atoms. The molecule has 5 aliphatic rings. The van der Waals surface area contributed by atoms with Crippen molar-refractivity contribution in [2.45, 2.75) is 44.7 Å². The first-order chi connectivity index (χ1) is 14.3. The topological polar surface area (TPSA) is 47.3 Å². The predicted molar refractivity (Wildman–Crippen MR) is 106 cm³/mol. The van der Waals surface area contributed by atoms with Gasteiger partial charge in [-0.15, -0.1) is 0 Å². The lowest BCUT2D eigenvalue weighted by atomic mass is 9.49. The summed E-state index contributed by atoms with van der Waals surface area (Å²) < 4.78 is 39.9. The van der Waals surface area contributed by atoms with Crippen molar-refractivity contribution in [1.29, 1.82) is 5.26 Å². The third-order valence-corrected chi connectivity index (χ3v) is 7.85. The maximum Gasteiger partial charge on any atom is 0.417 e. The van der Waals surface area contributed by atoms with Crippen LogP contribution in [0.25, 0.3) is 0 Å². The van der Waals surface area contributed by atoms with Gasteiger partial charge in [-0.3, -0.25) is 4.79 Å². The number of carbonyl (C=O) groups is 1. The summed E-state index contributed by atoms with van der Waals surface area (Å²) in [6.45, 7) is 2.12. The molecule has 1 amide bonds. The third-order valence-electron chi connectivity index (χ3n) is 7.85. The lowest BCUT2D eigenvalue weighted by Crippen LogP contribution is -2.58. The van der Waals surface area contributed by atoms with E-state index < -0.39 is 11.7 Å². The number of piperazine rings is 1. The maximum atomic E-state index is 13.5. The van der Waals surface area contributed by atoms with Gasteiger partial charge in [0.15, 0.2) is 0 Å². The van der Waals surface area contributed by atoms with Gasteiger partial charge in [-0.25, -0.2) is 0 Å². The summed E-state index contributed by atoms with van der Waals surface area (Å²) in [5, 5.41) is 8.99. The van der Waals surface area contributed by atoms with Crippen LogP contribution in [0.3, 0.4) is 0 Å². The van der Waals surface area contributed by atoms with Gasteiger partial charge in [-0.2, -0.15) is 18.4 Å². The van der Waals surface area contributed by atoms with Crippen LogP contribution in [0.1, 0.15) is 49.7 Å². The van der Waals surface area contributed by atoms with E-state index in [0.717, 1.165) is 25.3 Å². The number of nitriles is 1. The number of hydrogen-bond acceptors (Lipinski definition) is 3. The zero-order chi connectivity index (χ0) is 21.1. The number of amides is 1. The molecule has 30 heavy (non-hydrogen) atoms. The molecule has 0 unspecified atom stereocenters. The van der Waals surface area contributed by atoms with E-state index in [9.17, 15) is 18.0 Å². The summed E-state index contributed by atoms with van der Waals surface area (Å²) in [5.41, 5.74) is -0.964. The number of anilines is 1. The Morgan fingerprint density at radius 2 is 1.57 bits per heavy atom. The number of rotatable bonds is 2. The van der Waals surface area contributed by atoms with Crippen LogP contribution < -0.4 is 4.90 Å². The van der Waals surface area contributed by atoms with E-state index in [1.807, 2.05) is 9.80 Å². The molecule has 6 rings (SSSR count). The summed E-state index contributed by atoms with van der Waals surface area (Å²) >= 11 is 0. The first-order valence-corrected chi connectivity index (χ1v) is 10.9. The van der Waals surface area contributed by atoms with Crippen molar-refractivity contribution >= 4 is 11.6 Å². The number of alkyl halides is 3. The SMILES string of the molecule is N#Cc1ccc(N2CCN(C(=O)C34CC5CC(CC(C5)C3)C4)CC2)cc1C(F)(F)F. The highest BCUT2D eigenvalue weighted by atomic mass is 19.4. The Labute approximate surface area is 174 Å². The predicted octanol–water partition coefficient (Wildman–Crippen LogP) is 4.44. The molecule has 4 nitrogen and oxygen atoms in total. The maximum absolute atomic E-state index is 13.5. The molecular weight excluding hydrogens is 391 g/mol. The molecule has 7 heteroatoms. The zero-order valence-electron chi connectivity index (χ0n) is 16.9. The Morgan fingerprint density at radius 1 is 1.00 bits per heavy atom. The van der Waals surface area contributed by atoms with Gasteiger partial charge >= 0.3 is 6.18 Å². The van der Waals surface area contributed by atoms with E-state index in [4.69, 9.17) is 5.26 Å². The average molecular weight is 417 g/mol. The molecule has 4 aliphatic carbocycles. The van der Waals surface area contributed by atoms with E-state index >= 15 is 0 Å². The first kappa shape index (κ1) is 19.7. The van der Waals surface area contributed by atoms with Crippen LogP contribution in [0.5, 0.6) is 0 Å². The van der Waals surface area contributed by atoms with Crippen molar-refractivity contribution in [2.75, 3.05) is 31.1 Å². The molecule has 0 N–H and O–H groups in total. The highest BCUT2D eigenvalue weighted by molar-refractivity contribution is 5.83. The summed E-state index contributed by atoms with van der Waals surface area (Å²) in [4.78, 5) is 17.3. The minimum absolute atomic E-state index is 0.172. The average Bonchev–Trinajstić information content (AvgIpc) is 2.71. The van der Waals surface area contributed by atoms with Gasteiger partial charge < -0.3 is 9.80 Å². The van der Waals surface area contributed by atoms with E-state index in [1.165, 1.54) is 25.3 Å². The van der Waals surface area contributed by atoms with Crippen molar-refractivity contribution in [2.24, 2.45) is 23.2 Å². The summed E-state index contributed by atoms with van der Waals surface area (Å²) in [6, 6.07) is 5.51. The Bertz CT molecular complexity index is 861. The second kappa shape index (κ2) is 6.90. The van der Waals surface area contributed by atoms with Gasteiger partial charge in [0.25, 0.3) is 0 Å². The van der Waals surface area contributed by atoms with Gasteiger partial charge in [0.05, 0.1) is 22.6 Å². The van der Waals surface area contributed by atoms with Crippen LogP contribution in [0.15, 0.2) is 18.2 Å². The Hall–Kier alpha value is -2.23. The lowest BCUT2D eigenvalue weighted by molar-refractivity contribution is -0.158. The van der Waals surface area contributed by atoms with E-state index in [2.05, 4.69) is 0 Å². The number of hydrogen-bond donors (Lipinski definition) is 0. The molecule has 5 fully saturated rings. The van der Waals surface area contributed by atoms with E-state index in [-0.39, 0.29) is 16.9 Å². The van der Waals surface area contributed by atoms with Gasteiger partial charge in [0.2, 0.25) is 5.91 Å². The Kier molecular flexibility index (Phi) is 4.53. The van der Waals surface area contributed by atoms with Gasteiger partial charge in [0, 0.05) is 31.9 Å². The van der Waals surface area contributed by atoms with Crippen molar-refractivity contribution in [3.63, 3.8) is 0 Å². The number of nitrogens with zero attached hydrogens (tertiary/aromatic N) is 3. The van der Waals surface area contributed by atoms with Crippen LogP contribution in [-0.4, -0.2) is 37.0 Å². The molecule has 1 aromatic carbocycles. The lowest BCUT2D eigenvalue weighted by Gasteiger charge is -2.57. The minimum atomic E-state index is -4.56. The largest absolute Gasteiger partial charge is 0.417 e. The number of carbonyl (C=O) groups excluding carboxylic acids is 1. The Balaban J connectivity index is 1.28. The van der Waals surface area contributed by atoms with E-state index in [0.29, 0.717) is 49.6 Å². The van der Waals surface area contributed by atoms with Crippen LogP contribution in [-0.2, 0) is 11.0 Å². The highest BCUT2D eigenvalue weighted by Gasteiger charge is 2.55. The molecule has 1 aromatic rings. The third kappa shape index (κ3) is 3.25. The normalized spacial score (nSPS) is 32.9. The highest BCUT2D eigenvalue weighted by Crippen LogP contribution is 2.60. The number of benzene rings is 1.